The zero-order chi connectivity index (χ0) is 12.3. The second-order valence-electron chi connectivity index (χ2n) is 5.52. The first-order valence-electron chi connectivity index (χ1n) is 7.44. The van der Waals surface area contributed by atoms with E-state index < -0.39 is 0 Å². The van der Waals surface area contributed by atoms with Crippen LogP contribution in [0.5, 0.6) is 0 Å². The van der Waals surface area contributed by atoms with Crippen molar-refractivity contribution in [2.75, 3.05) is 0 Å². The molecule has 1 unspecified atom stereocenters. The minimum atomic E-state index is 0.541. The van der Waals surface area contributed by atoms with E-state index in [9.17, 15) is 0 Å². The van der Waals surface area contributed by atoms with Crippen LogP contribution in [0.2, 0.25) is 0 Å². The van der Waals surface area contributed by atoms with Gasteiger partial charge in [-0.15, -0.1) is 6.58 Å². The van der Waals surface area contributed by atoms with Gasteiger partial charge in [0.1, 0.15) is 0 Å². The van der Waals surface area contributed by atoms with E-state index in [1.165, 1.54) is 64.2 Å². The summed E-state index contributed by atoms with van der Waals surface area (Å²) in [6.07, 6.45) is 16.8. The van der Waals surface area contributed by atoms with E-state index in [1.54, 1.807) is 0 Å². The second kappa shape index (κ2) is 9.67. The molecule has 2 nitrogen and oxygen atoms in total. The van der Waals surface area contributed by atoms with Crippen molar-refractivity contribution in [3.05, 3.63) is 12.7 Å². The van der Waals surface area contributed by atoms with Crippen molar-refractivity contribution in [3.8, 4) is 0 Å². The molecule has 1 fully saturated rings. The third kappa shape index (κ3) is 6.85. The Balaban J connectivity index is 2.00. The highest BCUT2D eigenvalue weighted by Gasteiger charge is 2.16. The van der Waals surface area contributed by atoms with Gasteiger partial charge < -0.3 is 0 Å². The van der Waals surface area contributed by atoms with Crippen molar-refractivity contribution in [3.63, 3.8) is 0 Å². The van der Waals surface area contributed by atoms with E-state index in [1.807, 2.05) is 6.08 Å². The highest BCUT2D eigenvalue weighted by molar-refractivity contribution is 4.72. The summed E-state index contributed by atoms with van der Waals surface area (Å²) in [5, 5.41) is 0. The van der Waals surface area contributed by atoms with Gasteiger partial charge in [0.15, 0.2) is 0 Å². The normalized spacial score (nSPS) is 18.4. The molecule has 1 saturated carbocycles. The van der Waals surface area contributed by atoms with Crippen LogP contribution in [0.1, 0.15) is 70.6 Å². The second-order valence-corrected chi connectivity index (χ2v) is 5.52. The van der Waals surface area contributed by atoms with Crippen LogP contribution in [0.4, 0.5) is 0 Å². The third-order valence-electron chi connectivity index (χ3n) is 4.09. The van der Waals surface area contributed by atoms with E-state index in [0.29, 0.717) is 6.04 Å². The number of hydrazine groups is 1. The number of rotatable bonds is 10. The van der Waals surface area contributed by atoms with Gasteiger partial charge in [-0.3, -0.25) is 11.3 Å². The molecule has 0 amide bonds. The summed E-state index contributed by atoms with van der Waals surface area (Å²) in [5.74, 6) is 6.62. The van der Waals surface area contributed by atoms with Gasteiger partial charge in [0, 0.05) is 6.04 Å². The first-order valence-corrected chi connectivity index (χ1v) is 7.44. The van der Waals surface area contributed by atoms with Gasteiger partial charge in [0.25, 0.3) is 0 Å². The SMILES string of the molecule is C=CCCCCCC(CCC1CCCC1)NN. The number of nitrogens with two attached hydrogens (primary N) is 1. The number of allylic oxidation sites excluding steroid dienone is 1. The molecule has 0 aliphatic heterocycles. The van der Waals surface area contributed by atoms with Crippen LogP contribution in [0.3, 0.4) is 0 Å². The Kier molecular flexibility index (Phi) is 8.37. The molecule has 1 aliphatic carbocycles. The van der Waals surface area contributed by atoms with Gasteiger partial charge in [-0.25, -0.2) is 0 Å². The minimum Gasteiger partial charge on any atom is -0.271 e. The average Bonchev–Trinajstić information content (AvgIpc) is 2.86. The van der Waals surface area contributed by atoms with Crippen LogP contribution in [-0.4, -0.2) is 6.04 Å². The summed E-state index contributed by atoms with van der Waals surface area (Å²) in [6, 6.07) is 0.541. The highest BCUT2D eigenvalue weighted by Crippen LogP contribution is 2.29. The van der Waals surface area contributed by atoms with Gasteiger partial charge >= 0.3 is 0 Å². The highest BCUT2D eigenvalue weighted by atomic mass is 15.2. The predicted octanol–water partition coefficient (Wildman–Crippen LogP) is 3.93. The van der Waals surface area contributed by atoms with Crippen molar-refractivity contribution >= 4 is 0 Å². The quantitative estimate of drug-likeness (QED) is 0.262. The topological polar surface area (TPSA) is 38.0 Å². The summed E-state index contributed by atoms with van der Waals surface area (Å²) in [7, 11) is 0. The average molecular weight is 238 g/mol. The molecule has 17 heavy (non-hydrogen) atoms. The van der Waals surface area contributed by atoms with Crippen molar-refractivity contribution in [2.45, 2.75) is 76.7 Å². The largest absolute Gasteiger partial charge is 0.271 e. The van der Waals surface area contributed by atoms with Gasteiger partial charge in [0.05, 0.1) is 0 Å². The molecule has 0 aromatic rings. The standard InChI is InChI=1S/C15H30N2/c1-2-3-4-5-6-11-15(17-16)13-12-14-9-7-8-10-14/h2,14-15,17H,1,3-13,16H2. The van der Waals surface area contributed by atoms with Gasteiger partial charge in [0.2, 0.25) is 0 Å². The lowest BCUT2D eigenvalue weighted by Crippen LogP contribution is -2.35. The molecule has 1 rings (SSSR count). The maximum Gasteiger partial charge on any atom is 0.0210 e. The molecule has 0 aromatic carbocycles. The molecule has 2 heteroatoms. The molecule has 3 N–H and O–H groups in total. The zero-order valence-electron chi connectivity index (χ0n) is 11.3. The molecular weight excluding hydrogens is 208 g/mol. The van der Waals surface area contributed by atoms with Crippen LogP contribution in [-0.2, 0) is 0 Å². The summed E-state index contributed by atoms with van der Waals surface area (Å²) in [4.78, 5) is 0. The Morgan fingerprint density at radius 1 is 1.18 bits per heavy atom. The van der Waals surface area contributed by atoms with Crippen LogP contribution < -0.4 is 11.3 Å². The van der Waals surface area contributed by atoms with E-state index in [-0.39, 0.29) is 0 Å². The summed E-state index contributed by atoms with van der Waals surface area (Å²) < 4.78 is 0. The molecule has 0 radical (unpaired) electrons. The molecule has 0 spiro atoms. The van der Waals surface area contributed by atoms with Crippen molar-refractivity contribution < 1.29 is 0 Å². The Hall–Kier alpha value is -0.340. The van der Waals surface area contributed by atoms with Crippen molar-refractivity contribution in [1.29, 1.82) is 0 Å². The summed E-state index contributed by atoms with van der Waals surface area (Å²) in [5.41, 5.74) is 3.00. The van der Waals surface area contributed by atoms with E-state index >= 15 is 0 Å². The smallest absolute Gasteiger partial charge is 0.0210 e. The minimum absolute atomic E-state index is 0.541. The Morgan fingerprint density at radius 3 is 2.59 bits per heavy atom. The maximum atomic E-state index is 5.63. The molecule has 0 heterocycles. The third-order valence-corrected chi connectivity index (χ3v) is 4.09. The molecule has 0 aromatic heterocycles. The van der Waals surface area contributed by atoms with Crippen molar-refractivity contribution in [1.82, 2.24) is 5.43 Å². The number of hydrogen-bond donors (Lipinski definition) is 2. The lowest BCUT2D eigenvalue weighted by molar-refractivity contribution is 0.384. The monoisotopic (exact) mass is 238 g/mol. The van der Waals surface area contributed by atoms with Gasteiger partial charge in [-0.1, -0.05) is 44.6 Å². The van der Waals surface area contributed by atoms with Crippen LogP contribution >= 0.6 is 0 Å². The Morgan fingerprint density at radius 2 is 1.94 bits per heavy atom. The maximum absolute atomic E-state index is 5.63. The molecule has 1 atom stereocenters. The molecule has 100 valence electrons. The molecule has 0 saturated heterocycles. The van der Waals surface area contributed by atoms with E-state index in [2.05, 4.69) is 12.0 Å². The van der Waals surface area contributed by atoms with Gasteiger partial charge in [-0.05, 0) is 38.0 Å². The summed E-state index contributed by atoms with van der Waals surface area (Å²) in [6.45, 7) is 3.75. The predicted molar refractivity (Wildman–Crippen MR) is 75.6 cm³/mol. The first kappa shape index (κ1) is 14.7. The first-order chi connectivity index (χ1) is 8.36. The van der Waals surface area contributed by atoms with Crippen LogP contribution in [0, 0.1) is 5.92 Å². The zero-order valence-corrected chi connectivity index (χ0v) is 11.3. The van der Waals surface area contributed by atoms with Crippen LogP contribution in [0.15, 0.2) is 12.7 Å². The number of nitrogens with one attached hydrogen (secondary N) is 1. The number of unbranched alkanes of at least 4 members (excludes halogenated alkanes) is 3. The van der Waals surface area contributed by atoms with Crippen molar-refractivity contribution in [2.24, 2.45) is 11.8 Å². The lowest BCUT2D eigenvalue weighted by atomic mass is 9.96. The van der Waals surface area contributed by atoms with Crippen LogP contribution in [0.25, 0.3) is 0 Å². The van der Waals surface area contributed by atoms with E-state index in [4.69, 9.17) is 5.84 Å². The molecule has 0 bridgehead atoms. The molecule has 1 aliphatic rings. The fourth-order valence-corrected chi connectivity index (χ4v) is 2.90. The summed E-state index contributed by atoms with van der Waals surface area (Å²) >= 11 is 0. The fourth-order valence-electron chi connectivity index (χ4n) is 2.90. The lowest BCUT2D eigenvalue weighted by Gasteiger charge is -2.17. The van der Waals surface area contributed by atoms with E-state index in [0.717, 1.165) is 12.3 Å². The molecular formula is C15H30N2. The fraction of sp³-hybridized carbons (Fsp3) is 0.867. The Bertz CT molecular complexity index is 185. The number of hydrogen-bond acceptors (Lipinski definition) is 2. The van der Waals surface area contributed by atoms with Gasteiger partial charge in [-0.2, -0.15) is 0 Å². The Labute approximate surface area is 107 Å².